The lowest BCUT2D eigenvalue weighted by Crippen LogP contribution is -2.39. The van der Waals surface area contributed by atoms with Crippen molar-refractivity contribution in [1.29, 1.82) is 0 Å². The Kier molecular flexibility index (Phi) is 5.90. The molecule has 1 aromatic heterocycles. The molecule has 0 saturated carbocycles. The number of nitrogens with one attached hydrogen (secondary N) is 1. The molecule has 1 N–H and O–H groups in total. The van der Waals surface area contributed by atoms with Crippen LogP contribution in [0.4, 0.5) is 5.69 Å². The van der Waals surface area contributed by atoms with E-state index in [1.807, 2.05) is 67.3 Å². The molecular formula is C23H24N4O2S. The van der Waals surface area contributed by atoms with Crippen LogP contribution < -0.4 is 5.32 Å². The van der Waals surface area contributed by atoms with Crippen LogP contribution in [0, 0.1) is 13.8 Å². The summed E-state index contributed by atoms with van der Waals surface area (Å²) in [5, 5.41) is 12.4. The summed E-state index contributed by atoms with van der Waals surface area (Å²) < 4.78 is 0. The maximum atomic E-state index is 12.9. The van der Waals surface area contributed by atoms with Crippen LogP contribution in [0.2, 0.25) is 0 Å². The first kappa shape index (κ1) is 20.2. The van der Waals surface area contributed by atoms with Crippen molar-refractivity contribution >= 4 is 28.8 Å². The van der Waals surface area contributed by atoms with Crippen LogP contribution in [0.1, 0.15) is 55.1 Å². The maximum Gasteiger partial charge on any atom is 0.286 e. The molecule has 2 heterocycles. The first-order valence-electron chi connectivity index (χ1n) is 10.1. The van der Waals surface area contributed by atoms with Crippen molar-refractivity contribution in [2.75, 3.05) is 18.4 Å². The topological polar surface area (TPSA) is 75.2 Å². The van der Waals surface area contributed by atoms with Gasteiger partial charge in [-0.25, -0.2) is 0 Å². The van der Waals surface area contributed by atoms with Gasteiger partial charge in [0.1, 0.15) is 5.01 Å². The molecule has 0 bridgehead atoms. The normalized spacial score (nSPS) is 16.3. The van der Waals surface area contributed by atoms with Gasteiger partial charge in [-0.1, -0.05) is 47.2 Å². The number of anilines is 1. The number of benzene rings is 2. The highest BCUT2D eigenvalue weighted by Crippen LogP contribution is 2.30. The highest BCUT2D eigenvalue weighted by atomic mass is 32.1. The van der Waals surface area contributed by atoms with E-state index < -0.39 is 0 Å². The van der Waals surface area contributed by atoms with E-state index in [1.165, 1.54) is 11.3 Å². The van der Waals surface area contributed by atoms with Crippen LogP contribution in [0.3, 0.4) is 0 Å². The molecule has 3 aromatic rings. The van der Waals surface area contributed by atoms with Crippen molar-refractivity contribution in [1.82, 2.24) is 15.1 Å². The van der Waals surface area contributed by atoms with E-state index in [1.54, 1.807) is 0 Å². The van der Waals surface area contributed by atoms with Gasteiger partial charge in [0.25, 0.3) is 11.8 Å². The van der Waals surface area contributed by atoms with Crippen LogP contribution in [0.5, 0.6) is 0 Å². The monoisotopic (exact) mass is 420 g/mol. The molecule has 2 aromatic carbocycles. The minimum atomic E-state index is -0.253. The van der Waals surface area contributed by atoms with Gasteiger partial charge in [0.2, 0.25) is 5.01 Å². The van der Waals surface area contributed by atoms with Crippen LogP contribution in [0.25, 0.3) is 0 Å². The lowest BCUT2D eigenvalue weighted by Gasteiger charge is -2.31. The molecule has 7 heteroatoms. The summed E-state index contributed by atoms with van der Waals surface area (Å²) in [6.45, 7) is 5.27. The second-order valence-electron chi connectivity index (χ2n) is 7.67. The van der Waals surface area contributed by atoms with Crippen LogP contribution >= 0.6 is 11.3 Å². The molecule has 0 spiro atoms. The number of hydrogen-bond acceptors (Lipinski definition) is 5. The predicted molar refractivity (Wildman–Crippen MR) is 118 cm³/mol. The first-order chi connectivity index (χ1) is 14.5. The SMILES string of the molecule is Cc1cccc(C(=O)N2CCC[C@H](c3nnc(C(=O)Nc4ccccc4C)s3)C2)c1. The van der Waals surface area contributed by atoms with E-state index in [9.17, 15) is 9.59 Å². The Morgan fingerprint density at radius 2 is 1.93 bits per heavy atom. The van der Waals surface area contributed by atoms with E-state index in [0.29, 0.717) is 17.1 Å². The van der Waals surface area contributed by atoms with Crippen LogP contribution in [-0.2, 0) is 0 Å². The van der Waals surface area contributed by atoms with Gasteiger partial charge >= 0.3 is 0 Å². The van der Waals surface area contributed by atoms with Gasteiger partial charge in [0.15, 0.2) is 0 Å². The Hall–Kier alpha value is -3.06. The Morgan fingerprint density at radius 3 is 2.73 bits per heavy atom. The molecule has 1 atom stereocenters. The summed E-state index contributed by atoms with van der Waals surface area (Å²) in [6, 6.07) is 15.3. The van der Waals surface area contributed by atoms with Gasteiger partial charge in [-0.05, 0) is 50.5 Å². The summed E-state index contributed by atoms with van der Waals surface area (Å²) in [7, 11) is 0. The molecule has 154 valence electrons. The fraction of sp³-hybridized carbons (Fsp3) is 0.304. The quantitative estimate of drug-likeness (QED) is 0.678. The van der Waals surface area contributed by atoms with Crippen molar-refractivity contribution in [2.24, 2.45) is 0 Å². The Balaban J connectivity index is 1.44. The van der Waals surface area contributed by atoms with Gasteiger partial charge in [0, 0.05) is 30.3 Å². The number of aryl methyl sites for hydroxylation is 2. The number of nitrogens with zero attached hydrogens (tertiary/aromatic N) is 3. The van der Waals surface area contributed by atoms with Crippen molar-refractivity contribution in [2.45, 2.75) is 32.6 Å². The van der Waals surface area contributed by atoms with Gasteiger partial charge in [-0.15, -0.1) is 10.2 Å². The summed E-state index contributed by atoms with van der Waals surface area (Å²) in [4.78, 5) is 27.4. The molecule has 30 heavy (non-hydrogen) atoms. The van der Waals surface area contributed by atoms with Gasteiger partial charge in [-0.2, -0.15) is 0 Å². The highest BCUT2D eigenvalue weighted by Gasteiger charge is 2.28. The first-order valence-corrected chi connectivity index (χ1v) is 10.9. The third kappa shape index (κ3) is 4.41. The minimum Gasteiger partial charge on any atom is -0.338 e. The van der Waals surface area contributed by atoms with Crippen LogP contribution in [0.15, 0.2) is 48.5 Å². The molecule has 2 amide bonds. The molecule has 0 aliphatic carbocycles. The molecule has 1 aliphatic heterocycles. The minimum absolute atomic E-state index is 0.0467. The zero-order valence-electron chi connectivity index (χ0n) is 17.1. The smallest absolute Gasteiger partial charge is 0.286 e. The van der Waals surface area contributed by atoms with Crippen LogP contribution in [-0.4, -0.2) is 40.0 Å². The summed E-state index contributed by atoms with van der Waals surface area (Å²) in [6.07, 6.45) is 1.85. The van der Waals surface area contributed by atoms with Crippen molar-refractivity contribution in [3.05, 3.63) is 75.2 Å². The summed E-state index contributed by atoms with van der Waals surface area (Å²) >= 11 is 1.31. The van der Waals surface area contributed by atoms with Crippen molar-refractivity contribution in [3.63, 3.8) is 0 Å². The Labute approximate surface area is 180 Å². The molecular weight excluding hydrogens is 396 g/mol. The second-order valence-corrected chi connectivity index (χ2v) is 8.68. The number of amides is 2. The highest BCUT2D eigenvalue weighted by molar-refractivity contribution is 7.13. The number of carbonyl (C=O) groups is 2. The fourth-order valence-electron chi connectivity index (χ4n) is 3.70. The molecule has 0 radical (unpaired) electrons. The lowest BCUT2D eigenvalue weighted by atomic mass is 9.98. The number of likely N-dealkylation sites (tertiary alicyclic amines) is 1. The summed E-state index contributed by atoms with van der Waals surface area (Å²) in [5.41, 5.74) is 3.55. The fourth-order valence-corrected chi connectivity index (χ4v) is 4.57. The number of hydrogen-bond donors (Lipinski definition) is 1. The molecule has 4 rings (SSSR count). The lowest BCUT2D eigenvalue weighted by molar-refractivity contribution is 0.0706. The number of para-hydroxylation sites is 1. The van der Waals surface area contributed by atoms with E-state index in [2.05, 4.69) is 15.5 Å². The van der Waals surface area contributed by atoms with Gasteiger partial charge < -0.3 is 10.2 Å². The molecule has 6 nitrogen and oxygen atoms in total. The predicted octanol–water partition coefficient (Wildman–Crippen LogP) is 4.43. The Bertz CT molecular complexity index is 1080. The van der Waals surface area contributed by atoms with Gasteiger partial charge in [0.05, 0.1) is 0 Å². The summed E-state index contributed by atoms with van der Waals surface area (Å²) in [5.74, 6) is -0.105. The van der Waals surface area contributed by atoms with Crippen molar-refractivity contribution in [3.8, 4) is 0 Å². The average Bonchev–Trinajstić information content (AvgIpc) is 3.25. The van der Waals surface area contributed by atoms with Gasteiger partial charge in [-0.3, -0.25) is 9.59 Å². The number of piperidine rings is 1. The molecule has 0 unspecified atom stereocenters. The largest absolute Gasteiger partial charge is 0.338 e. The molecule has 1 fully saturated rings. The van der Waals surface area contributed by atoms with E-state index in [-0.39, 0.29) is 17.7 Å². The molecule has 1 saturated heterocycles. The standard InChI is InChI=1S/C23H24N4O2S/c1-15-7-5-9-17(13-15)23(29)27-12-6-10-18(14-27)21-25-26-22(30-21)20(28)24-19-11-4-3-8-16(19)2/h3-5,7-9,11,13,18H,6,10,12,14H2,1-2H3,(H,24,28)/t18-/m0/s1. The number of aromatic nitrogens is 2. The molecule has 1 aliphatic rings. The Morgan fingerprint density at radius 1 is 1.10 bits per heavy atom. The number of carbonyl (C=O) groups excluding carboxylic acids is 2. The zero-order chi connectivity index (χ0) is 21.1. The van der Waals surface area contributed by atoms with E-state index in [0.717, 1.165) is 41.2 Å². The second kappa shape index (κ2) is 8.75. The van der Waals surface area contributed by atoms with E-state index >= 15 is 0 Å². The van der Waals surface area contributed by atoms with Crippen molar-refractivity contribution < 1.29 is 9.59 Å². The van der Waals surface area contributed by atoms with E-state index in [4.69, 9.17) is 0 Å². The number of rotatable bonds is 4. The third-order valence-electron chi connectivity index (χ3n) is 5.35. The third-order valence-corrected chi connectivity index (χ3v) is 6.44. The maximum absolute atomic E-state index is 12.9. The zero-order valence-corrected chi connectivity index (χ0v) is 17.9. The average molecular weight is 421 g/mol.